The second kappa shape index (κ2) is 9.63. The molecule has 0 aromatic heterocycles. The number of aryl methyl sites for hydroxylation is 1. The van der Waals surface area contributed by atoms with Gasteiger partial charge in [-0.05, 0) is 62.1 Å². The van der Waals surface area contributed by atoms with Gasteiger partial charge in [-0.2, -0.15) is 8.78 Å². The molecule has 1 saturated heterocycles. The number of hydrogen-bond donors (Lipinski definition) is 1. The van der Waals surface area contributed by atoms with Crippen LogP contribution in [0.1, 0.15) is 28.8 Å². The van der Waals surface area contributed by atoms with Gasteiger partial charge in [0.25, 0.3) is 5.91 Å². The Morgan fingerprint density at radius 3 is 2.22 bits per heavy atom. The number of piperidine rings is 1. The number of nitrogens with zero attached hydrogens (tertiary/aromatic N) is 1. The zero-order valence-corrected chi connectivity index (χ0v) is 19.0. The zero-order valence-electron chi connectivity index (χ0n) is 17.4. The molecular weight excluding hydrogens is 462 g/mol. The Morgan fingerprint density at radius 2 is 1.62 bits per heavy atom. The minimum atomic E-state index is -4.72. The van der Waals surface area contributed by atoms with Gasteiger partial charge in [0.15, 0.2) is 0 Å². The summed E-state index contributed by atoms with van der Waals surface area (Å²) in [5.41, 5.74) is 1.13. The summed E-state index contributed by atoms with van der Waals surface area (Å²) in [6, 6.07) is 10.9. The van der Waals surface area contributed by atoms with E-state index in [1.54, 1.807) is 17.0 Å². The predicted molar refractivity (Wildman–Crippen MR) is 115 cm³/mol. The Labute approximate surface area is 186 Å². The highest BCUT2D eigenvalue weighted by molar-refractivity contribution is 7.91. The van der Waals surface area contributed by atoms with Crippen molar-refractivity contribution < 1.29 is 30.4 Å². The number of hydrogen-bond acceptors (Lipinski definition) is 5. The van der Waals surface area contributed by atoms with Gasteiger partial charge in [0.1, 0.15) is 0 Å². The maximum absolute atomic E-state index is 12.8. The lowest BCUT2D eigenvalue weighted by Gasteiger charge is -2.33. The molecule has 1 amide bonds. The highest BCUT2D eigenvalue weighted by Crippen LogP contribution is 2.22. The third kappa shape index (κ3) is 5.51. The molecular formula is C21H24F2N2O5S2. The van der Waals surface area contributed by atoms with Crippen LogP contribution in [-0.2, 0) is 19.9 Å². The van der Waals surface area contributed by atoms with E-state index in [1.165, 1.54) is 24.3 Å². The normalized spacial score (nSPS) is 17.5. The monoisotopic (exact) mass is 486 g/mol. The number of rotatable bonds is 7. The van der Waals surface area contributed by atoms with Gasteiger partial charge in [-0.1, -0.05) is 17.7 Å². The largest absolute Gasteiger partial charge is 0.341 e. The molecule has 1 aliphatic rings. The number of benzene rings is 2. The molecule has 1 unspecified atom stereocenters. The van der Waals surface area contributed by atoms with Crippen molar-refractivity contribution in [2.75, 3.05) is 19.6 Å². The molecule has 2 aromatic rings. The Balaban J connectivity index is 1.63. The fourth-order valence-electron chi connectivity index (χ4n) is 3.52. The van der Waals surface area contributed by atoms with Gasteiger partial charge in [-0.15, -0.1) is 0 Å². The highest BCUT2D eigenvalue weighted by Gasteiger charge is 2.28. The topological polar surface area (TPSA) is 101 Å². The van der Waals surface area contributed by atoms with E-state index in [9.17, 15) is 30.4 Å². The number of sulfonamides is 1. The SMILES string of the molecule is Cc1ccc(S(=O)(=O)NCC2CCCN(C(=O)c3ccc(S(=O)(=O)C(F)F)cc3)C2)cc1. The summed E-state index contributed by atoms with van der Waals surface area (Å²) in [5, 5.41) is 0. The van der Waals surface area contributed by atoms with E-state index >= 15 is 0 Å². The molecule has 3 rings (SSSR count). The smallest absolute Gasteiger partial charge is 0.338 e. The summed E-state index contributed by atoms with van der Waals surface area (Å²) in [5.74, 6) is -3.99. The lowest BCUT2D eigenvalue weighted by atomic mass is 9.97. The van der Waals surface area contributed by atoms with Crippen LogP contribution in [0.15, 0.2) is 58.3 Å². The van der Waals surface area contributed by atoms with Crippen molar-refractivity contribution >= 4 is 25.8 Å². The van der Waals surface area contributed by atoms with E-state index in [0.717, 1.165) is 24.1 Å². The molecule has 174 valence electrons. The number of likely N-dealkylation sites (tertiary alicyclic amines) is 1. The standard InChI is InChI=1S/C21H24F2N2O5S2/c1-15-4-8-19(9-5-15)32(29,30)24-13-16-3-2-12-25(14-16)20(26)17-6-10-18(11-7-17)31(27,28)21(22)23/h4-11,16,21,24H,2-3,12-14H2,1H3. The van der Waals surface area contributed by atoms with Gasteiger partial charge in [0.05, 0.1) is 9.79 Å². The van der Waals surface area contributed by atoms with Crippen molar-refractivity contribution in [3.63, 3.8) is 0 Å². The molecule has 0 saturated carbocycles. The minimum absolute atomic E-state index is 0.0913. The van der Waals surface area contributed by atoms with Crippen molar-refractivity contribution in [2.45, 2.75) is 35.3 Å². The number of amides is 1. The third-order valence-electron chi connectivity index (χ3n) is 5.36. The first-order valence-electron chi connectivity index (χ1n) is 9.98. The molecule has 0 bridgehead atoms. The average molecular weight is 487 g/mol. The van der Waals surface area contributed by atoms with Crippen LogP contribution in [0, 0.1) is 12.8 Å². The summed E-state index contributed by atoms with van der Waals surface area (Å²) >= 11 is 0. The highest BCUT2D eigenvalue weighted by atomic mass is 32.2. The first-order chi connectivity index (χ1) is 15.0. The van der Waals surface area contributed by atoms with E-state index in [1.807, 2.05) is 6.92 Å². The second-order valence-electron chi connectivity index (χ2n) is 7.75. The second-order valence-corrected chi connectivity index (χ2v) is 11.4. The molecule has 1 heterocycles. The molecule has 7 nitrogen and oxygen atoms in total. The first-order valence-corrected chi connectivity index (χ1v) is 13.0. The van der Waals surface area contributed by atoms with Gasteiger partial charge >= 0.3 is 5.76 Å². The maximum atomic E-state index is 12.8. The lowest BCUT2D eigenvalue weighted by molar-refractivity contribution is 0.0676. The van der Waals surface area contributed by atoms with Crippen molar-refractivity contribution in [2.24, 2.45) is 5.92 Å². The predicted octanol–water partition coefficient (Wildman–Crippen LogP) is 2.82. The van der Waals surface area contributed by atoms with Crippen LogP contribution >= 0.6 is 0 Å². The number of sulfone groups is 1. The van der Waals surface area contributed by atoms with Crippen LogP contribution in [0.3, 0.4) is 0 Å². The van der Waals surface area contributed by atoms with Crippen LogP contribution in [0.25, 0.3) is 0 Å². The summed E-state index contributed by atoms with van der Waals surface area (Å²) in [7, 11) is -8.39. The number of alkyl halides is 2. The quantitative estimate of drug-likeness (QED) is 0.649. The fraction of sp³-hybridized carbons (Fsp3) is 0.381. The van der Waals surface area contributed by atoms with Crippen LogP contribution < -0.4 is 4.72 Å². The Bertz CT molecular complexity index is 1170. The van der Waals surface area contributed by atoms with Gasteiger partial charge in [0, 0.05) is 25.2 Å². The van der Waals surface area contributed by atoms with Crippen molar-refractivity contribution in [1.29, 1.82) is 0 Å². The van der Waals surface area contributed by atoms with Gasteiger partial charge in [0.2, 0.25) is 19.9 Å². The molecule has 1 fully saturated rings. The summed E-state index contributed by atoms with van der Waals surface area (Å²) in [6.07, 6.45) is 1.42. The first kappa shape index (κ1) is 24.3. The van der Waals surface area contributed by atoms with Crippen molar-refractivity contribution in [1.82, 2.24) is 9.62 Å². The lowest BCUT2D eigenvalue weighted by Crippen LogP contribution is -2.43. The Kier molecular flexibility index (Phi) is 7.31. The van der Waals surface area contributed by atoms with Gasteiger partial charge in [-0.3, -0.25) is 4.79 Å². The summed E-state index contributed by atoms with van der Waals surface area (Å²) in [4.78, 5) is 14.0. The van der Waals surface area contributed by atoms with Crippen LogP contribution in [0.4, 0.5) is 8.78 Å². The molecule has 1 aliphatic heterocycles. The summed E-state index contributed by atoms with van der Waals surface area (Å²) < 4.78 is 76.0. The molecule has 1 atom stereocenters. The van der Waals surface area contributed by atoms with E-state index in [-0.39, 0.29) is 28.8 Å². The fourth-order valence-corrected chi connectivity index (χ4v) is 5.35. The minimum Gasteiger partial charge on any atom is -0.338 e. The molecule has 1 N–H and O–H groups in total. The molecule has 11 heteroatoms. The number of halogens is 2. The van der Waals surface area contributed by atoms with Crippen LogP contribution in [0.5, 0.6) is 0 Å². The van der Waals surface area contributed by atoms with Crippen molar-refractivity contribution in [3.8, 4) is 0 Å². The van der Waals surface area contributed by atoms with E-state index < -0.39 is 30.5 Å². The maximum Gasteiger partial charge on any atom is 0.341 e. The van der Waals surface area contributed by atoms with E-state index in [4.69, 9.17) is 0 Å². The zero-order chi connectivity index (χ0) is 23.5. The Morgan fingerprint density at radius 1 is 1.03 bits per heavy atom. The molecule has 0 spiro atoms. The van der Waals surface area contributed by atoms with Crippen molar-refractivity contribution in [3.05, 3.63) is 59.7 Å². The number of carbonyl (C=O) groups excluding carboxylic acids is 1. The van der Waals surface area contributed by atoms with Crippen LogP contribution in [-0.4, -0.2) is 53.0 Å². The summed E-state index contributed by atoms with van der Waals surface area (Å²) in [6.45, 7) is 2.83. The van der Waals surface area contributed by atoms with Crippen LogP contribution in [0.2, 0.25) is 0 Å². The third-order valence-corrected chi connectivity index (χ3v) is 8.20. The van der Waals surface area contributed by atoms with Gasteiger partial charge in [-0.25, -0.2) is 21.6 Å². The van der Waals surface area contributed by atoms with E-state index in [0.29, 0.717) is 19.5 Å². The molecule has 0 radical (unpaired) electrons. The molecule has 0 aliphatic carbocycles. The van der Waals surface area contributed by atoms with Gasteiger partial charge < -0.3 is 4.90 Å². The van der Waals surface area contributed by atoms with E-state index in [2.05, 4.69) is 4.72 Å². The average Bonchev–Trinajstić information content (AvgIpc) is 2.78. The number of carbonyl (C=O) groups is 1. The Hall–Kier alpha value is -2.37. The molecule has 32 heavy (non-hydrogen) atoms. The number of nitrogens with one attached hydrogen (secondary N) is 1. The molecule has 2 aromatic carbocycles.